The Bertz CT molecular complexity index is 833. The molecule has 0 fully saturated rings. The van der Waals surface area contributed by atoms with Gasteiger partial charge in [0.2, 0.25) is 0 Å². The molecule has 136 valence electrons. The number of carbonyl (C=O) groups is 2. The molecule has 1 N–H and O–H groups in total. The molecule has 0 heterocycles. The van der Waals surface area contributed by atoms with Crippen LogP contribution in [0.2, 0.25) is 5.02 Å². The summed E-state index contributed by atoms with van der Waals surface area (Å²) in [7, 11) is 0. The average molecular weight is 376 g/mol. The normalized spacial score (nSPS) is 10.3. The third-order valence-electron chi connectivity index (χ3n) is 3.85. The Kier molecular flexibility index (Phi) is 6.30. The van der Waals surface area contributed by atoms with Crippen molar-refractivity contribution in [1.82, 2.24) is 4.90 Å². The summed E-state index contributed by atoms with van der Waals surface area (Å²) in [6.45, 7) is 4.91. The zero-order chi connectivity index (χ0) is 19.3. The van der Waals surface area contributed by atoms with Gasteiger partial charge in [0.25, 0.3) is 17.5 Å². The standard InChI is InChI=1S/C18H18ClN3O4/c1-3-21(4-2)18(24)15-10-7-13(11-16(15)19)20-17(23)12-5-8-14(9-6-12)22(25)26/h5-11H,3-4H2,1-2H3,(H,20,23). The molecule has 8 heteroatoms. The lowest BCUT2D eigenvalue weighted by Gasteiger charge is -2.19. The highest BCUT2D eigenvalue weighted by molar-refractivity contribution is 6.34. The van der Waals surface area contributed by atoms with E-state index < -0.39 is 10.8 Å². The molecule has 0 atom stereocenters. The molecule has 0 aliphatic heterocycles. The van der Waals surface area contributed by atoms with Crippen molar-refractivity contribution in [2.24, 2.45) is 0 Å². The average Bonchev–Trinajstić information content (AvgIpc) is 2.62. The van der Waals surface area contributed by atoms with Crippen LogP contribution in [0.5, 0.6) is 0 Å². The molecule has 0 bridgehead atoms. The van der Waals surface area contributed by atoms with Crippen LogP contribution < -0.4 is 5.32 Å². The second kappa shape index (κ2) is 8.44. The quantitative estimate of drug-likeness (QED) is 0.610. The number of benzene rings is 2. The molecule has 2 rings (SSSR count). The van der Waals surface area contributed by atoms with Crippen LogP contribution in [0.15, 0.2) is 42.5 Å². The van der Waals surface area contributed by atoms with Crippen molar-refractivity contribution in [3.8, 4) is 0 Å². The largest absolute Gasteiger partial charge is 0.339 e. The predicted octanol–water partition coefficient (Wildman–Crippen LogP) is 3.98. The lowest BCUT2D eigenvalue weighted by Crippen LogP contribution is -2.30. The Morgan fingerprint density at radius 1 is 1.12 bits per heavy atom. The molecule has 0 radical (unpaired) electrons. The fraction of sp³-hybridized carbons (Fsp3) is 0.222. The summed E-state index contributed by atoms with van der Waals surface area (Å²) in [5.41, 5.74) is 0.969. The number of nitrogens with zero attached hydrogens (tertiary/aromatic N) is 2. The second-order valence-corrected chi connectivity index (χ2v) is 5.84. The van der Waals surface area contributed by atoms with E-state index in [4.69, 9.17) is 11.6 Å². The van der Waals surface area contributed by atoms with E-state index in [1.165, 1.54) is 30.3 Å². The summed E-state index contributed by atoms with van der Waals surface area (Å²) in [5.74, 6) is -0.605. The summed E-state index contributed by atoms with van der Waals surface area (Å²) < 4.78 is 0. The van der Waals surface area contributed by atoms with E-state index in [-0.39, 0.29) is 22.2 Å². The van der Waals surface area contributed by atoms with Crippen LogP contribution in [0, 0.1) is 10.1 Å². The molecule has 0 saturated heterocycles. The van der Waals surface area contributed by atoms with Crippen LogP contribution in [-0.2, 0) is 0 Å². The van der Waals surface area contributed by atoms with Crippen molar-refractivity contribution in [3.05, 3.63) is 68.7 Å². The minimum Gasteiger partial charge on any atom is -0.339 e. The van der Waals surface area contributed by atoms with Crippen molar-refractivity contribution in [1.29, 1.82) is 0 Å². The molecular weight excluding hydrogens is 358 g/mol. The molecule has 0 aromatic heterocycles. The number of amides is 2. The highest BCUT2D eigenvalue weighted by Crippen LogP contribution is 2.23. The van der Waals surface area contributed by atoms with Crippen LogP contribution in [0.3, 0.4) is 0 Å². The van der Waals surface area contributed by atoms with Gasteiger partial charge in [0.15, 0.2) is 0 Å². The molecule has 0 unspecified atom stereocenters. The van der Waals surface area contributed by atoms with E-state index in [0.29, 0.717) is 24.3 Å². The molecule has 7 nitrogen and oxygen atoms in total. The first-order valence-electron chi connectivity index (χ1n) is 8.02. The van der Waals surface area contributed by atoms with E-state index >= 15 is 0 Å². The number of nitrogens with one attached hydrogen (secondary N) is 1. The molecule has 0 aliphatic rings. The number of nitro benzene ring substituents is 1. The van der Waals surface area contributed by atoms with E-state index in [0.717, 1.165) is 0 Å². The van der Waals surface area contributed by atoms with Crippen molar-refractivity contribution >= 4 is 34.8 Å². The maximum Gasteiger partial charge on any atom is 0.269 e. The molecule has 2 amide bonds. The zero-order valence-electron chi connectivity index (χ0n) is 14.4. The first kappa shape index (κ1) is 19.4. The molecule has 26 heavy (non-hydrogen) atoms. The van der Waals surface area contributed by atoms with E-state index in [9.17, 15) is 19.7 Å². The molecule has 0 spiro atoms. The van der Waals surface area contributed by atoms with Gasteiger partial charge in [-0.05, 0) is 44.2 Å². The van der Waals surface area contributed by atoms with Crippen LogP contribution in [0.4, 0.5) is 11.4 Å². The number of carbonyl (C=O) groups excluding carboxylic acids is 2. The minimum atomic E-state index is -0.535. The van der Waals surface area contributed by atoms with Gasteiger partial charge in [-0.2, -0.15) is 0 Å². The second-order valence-electron chi connectivity index (χ2n) is 5.43. The maximum atomic E-state index is 12.4. The van der Waals surface area contributed by atoms with Crippen LogP contribution >= 0.6 is 11.6 Å². The monoisotopic (exact) mass is 375 g/mol. The van der Waals surface area contributed by atoms with Gasteiger partial charge in [-0.15, -0.1) is 0 Å². The van der Waals surface area contributed by atoms with Gasteiger partial charge >= 0.3 is 0 Å². The first-order valence-corrected chi connectivity index (χ1v) is 8.39. The summed E-state index contributed by atoms with van der Waals surface area (Å²) in [5, 5.41) is 13.5. The highest BCUT2D eigenvalue weighted by atomic mass is 35.5. The topological polar surface area (TPSA) is 92.6 Å². The third kappa shape index (κ3) is 4.37. The van der Waals surface area contributed by atoms with E-state index in [1.807, 2.05) is 13.8 Å². The van der Waals surface area contributed by atoms with Crippen molar-refractivity contribution in [2.75, 3.05) is 18.4 Å². The minimum absolute atomic E-state index is 0.0936. The number of anilines is 1. The SMILES string of the molecule is CCN(CC)C(=O)c1ccc(NC(=O)c2ccc([N+](=O)[O-])cc2)cc1Cl. The predicted molar refractivity (Wildman–Crippen MR) is 99.8 cm³/mol. The fourth-order valence-corrected chi connectivity index (χ4v) is 2.65. The summed E-state index contributed by atoms with van der Waals surface area (Å²) in [6.07, 6.45) is 0. The number of hydrogen-bond donors (Lipinski definition) is 1. The maximum absolute atomic E-state index is 12.4. The fourth-order valence-electron chi connectivity index (χ4n) is 2.39. The number of rotatable bonds is 6. The number of non-ortho nitro benzene ring substituents is 1. The van der Waals surface area contributed by atoms with Gasteiger partial charge in [-0.1, -0.05) is 11.6 Å². The molecular formula is C18H18ClN3O4. The van der Waals surface area contributed by atoms with Gasteiger partial charge in [-0.3, -0.25) is 19.7 Å². The Labute approximate surface area is 155 Å². The molecule has 2 aromatic rings. The van der Waals surface area contributed by atoms with Crippen LogP contribution in [0.1, 0.15) is 34.6 Å². The van der Waals surface area contributed by atoms with Gasteiger partial charge in [-0.25, -0.2) is 0 Å². The van der Waals surface area contributed by atoms with E-state index in [2.05, 4.69) is 5.32 Å². The van der Waals surface area contributed by atoms with Crippen molar-refractivity contribution in [2.45, 2.75) is 13.8 Å². The zero-order valence-corrected chi connectivity index (χ0v) is 15.1. The lowest BCUT2D eigenvalue weighted by atomic mass is 10.1. The Morgan fingerprint density at radius 3 is 2.23 bits per heavy atom. The van der Waals surface area contributed by atoms with Crippen LogP contribution in [0.25, 0.3) is 0 Å². The van der Waals surface area contributed by atoms with Gasteiger partial charge in [0.05, 0.1) is 15.5 Å². The van der Waals surface area contributed by atoms with Crippen molar-refractivity contribution < 1.29 is 14.5 Å². The van der Waals surface area contributed by atoms with Gasteiger partial charge < -0.3 is 10.2 Å². The van der Waals surface area contributed by atoms with E-state index in [1.54, 1.807) is 17.0 Å². The first-order chi connectivity index (χ1) is 12.4. The summed E-state index contributed by atoms with van der Waals surface area (Å²) in [4.78, 5) is 36.4. The van der Waals surface area contributed by atoms with Crippen LogP contribution in [-0.4, -0.2) is 34.7 Å². The number of halogens is 1. The molecule has 0 saturated carbocycles. The summed E-state index contributed by atoms with van der Waals surface area (Å²) in [6, 6.07) is 9.91. The van der Waals surface area contributed by atoms with Crippen molar-refractivity contribution in [3.63, 3.8) is 0 Å². The Balaban J connectivity index is 2.15. The smallest absolute Gasteiger partial charge is 0.269 e. The van der Waals surface area contributed by atoms with Gasteiger partial charge in [0.1, 0.15) is 0 Å². The lowest BCUT2D eigenvalue weighted by molar-refractivity contribution is -0.384. The van der Waals surface area contributed by atoms with Gasteiger partial charge in [0, 0.05) is 36.5 Å². The summed E-state index contributed by atoms with van der Waals surface area (Å²) >= 11 is 6.19. The Morgan fingerprint density at radius 2 is 1.73 bits per heavy atom. The highest BCUT2D eigenvalue weighted by Gasteiger charge is 2.17. The third-order valence-corrected chi connectivity index (χ3v) is 4.16. The number of nitro groups is 1. The number of hydrogen-bond acceptors (Lipinski definition) is 4. The molecule has 2 aromatic carbocycles. The Hall–Kier alpha value is -2.93. The molecule has 0 aliphatic carbocycles.